The number of nitrogens with two attached hydrogens (primary N) is 2. The van der Waals surface area contributed by atoms with Gasteiger partial charge in [0.15, 0.2) is 0 Å². The number of carbonyl (C=O) groups excluding carboxylic acids is 2. The van der Waals surface area contributed by atoms with Crippen LogP contribution in [-0.4, -0.2) is 65.3 Å². The van der Waals surface area contributed by atoms with Gasteiger partial charge in [0.05, 0.1) is 33.3 Å². The number of nitrogens with one attached hydrogen (secondary N) is 2. The van der Waals surface area contributed by atoms with E-state index >= 15 is 0 Å². The lowest BCUT2D eigenvalue weighted by Crippen LogP contribution is -2.44. The average Bonchev–Trinajstić information content (AvgIpc) is 4.19. The van der Waals surface area contributed by atoms with Crippen LogP contribution in [0.15, 0.2) is 61.2 Å². The molecule has 0 radical (unpaired) electrons. The molecule has 2 atom stereocenters. The quantitative estimate of drug-likeness (QED) is 0.0838. The predicted octanol–water partition coefficient (Wildman–Crippen LogP) is 9.55. The molecular formula is C54H62N10O6. The summed E-state index contributed by atoms with van der Waals surface area (Å²) in [6.45, 7) is 11.8. The molecule has 364 valence electrons. The standard InChI is InChI=1S/2C27H31N5O3/c2*1-26(2)12-21-17(25(33)35-26)9-10-22(31-21)32-23-11-18-19(13-29-23)24(34-16-7-8-16)30-14-20(18)27(3,28)15-5-4-6-15/h2*9-11,13-16H,4-8,12,28H2,1-3H3,(H,29,31,32)/t2*27-/m10/s1. The third-order valence-corrected chi connectivity index (χ3v) is 15.0. The summed E-state index contributed by atoms with van der Waals surface area (Å²) in [6, 6.07) is 11.1. The van der Waals surface area contributed by atoms with Gasteiger partial charge >= 0.3 is 11.9 Å². The number of anilines is 4. The summed E-state index contributed by atoms with van der Waals surface area (Å²) in [7, 11) is 0. The highest BCUT2D eigenvalue weighted by Gasteiger charge is 2.40. The van der Waals surface area contributed by atoms with Gasteiger partial charge in [0, 0.05) is 48.7 Å². The Hall–Kier alpha value is -6.52. The van der Waals surface area contributed by atoms with Gasteiger partial charge < -0.3 is 41.0 Å². The number of esters is 2. The van der Waals surface area contributed by atoms with Crippen molar-refractivity contribution in [2.24, 2.45) is 23.3 Å². The van der Waals surface area contributed by atoms with Gasteiger partial charge in [0.1, 0.15) is 46.7 Å². The van der Waals surface area contributed by atoms with Gasteiger partial charge in [-0.3, -0.25) is 0 Å². The number of fused-ring (bicyclic) bond motifs is 4. The highest BCUT2D eigenvalue weighted by Crippen LogP contribution is 2.46. The predicted molar refractivity (Wildman–Crippen MR) is 266 cm³/mol. The van der Waals surface area contributed by atoms with Gasteiger partial charge in [-0.05, 0) is 163 Å². The van der Waals surface area contributed by atoms with Gasteiger partial charge in [-0.1, -0.05) is 12.8 Å². The van der Waals surface area contributed by atoms with Crippen molar-refractivity contribution in [1.29, 1.82) is 0 Å². The number of hydrogen-bond acceptors (Lipinski definition) is 16. The molecule has 4 fully saturated rings. The fourth-order valence-electron chi connectivity index (χ4n) is 10.1. The van der Waals surface area contributed by atoms with E-state index in [1.807, 2.05) is 64.6 Å². The highest BCUT2D eigenvalue weighted by atomic mass is 16.6. The van der Waals surface area contributed by atoms with Crippen molar-refractivity contribution in [3.63, 3.8) is 0 Å². The molecule has 12 rings (SSSR count). The second-order valence-corrected chi connectivity index (χ2v) is 21.9. The number of carbonyl (C=O) groups is 2. The molecule has 16 heteroatoms. The molecule has 2 aliphatic heterocycles. The van der Waals surface area contributed by atoms with Crippen LogP contribution in [0.5, 0.6) is 11.8 Å². The Bertz CT molecular complexity index is 2860. The maximum absolute atomic E-state index is 12.3. The second kappa shape index (κ2) is 17.1. The number of aromatic nitrogens is 6. The SMILES string of the molecule is CC1(C)Cc2nc(Nc3cc4c([C@@](C)(N)C5CCC5)cnc(OC5CC5)c4cn3)ccc2C(=O)O1.CC1(C)Cc2nc(Nc3cc4c([C@](C)(N)C5CCC5)cnc(OC5CC5)c4cn3)ccc2C(=O)O1. The molecular weight excluding hydrogens is 885 g/mol. The summed E-state index contributed by atoms with van der Waals surface area (Å²) in [5.74, 6) is 3.96. The second-order valence-electron chi connectivity index (χ2n) is 21.9. The van der Waals surface area contributed by atoms with Crippen LogP contribution >= 0.6 is 0 Å². The van der Waals surface area contributed by atoms with Crippen molar-refractivity contribution >= 4 is 56.8 Å². The summed E-state index contributed by atoms with van der Waals surface area (Å²) >= 11 is 0. The van der Waals surface area contributed by atoms with Crippen molar-refractivity contribution in [2.45, 2.75) is 153 Å². The van der Waals surface area contributed by atoms with Gasteiger partial charge in [0.2, 0.25) is 11.8 Å². The Balaban J connectivity index is 0.000000152. The molecule has 6 aromatic heterocycles. The maximum atomic E-state index is 12.3. The molecule has 6 aliphatic rings. The number of nitrogens with zero attached hydrogens (tertiary/aromatic N) is 6. The molecule has 4 saturated carbocycles. The van der Waals surface area contributed by atoms with E-state index in [4.69, 9.17) is 40.4 Å². The summed E-state index contributed by atoms with van der Waals surface area (Å²) in [5.41, 5.74) is 16.2. The zero-order valence-electron chi connectivity index (χ0n) is 40.9. The number of cyclic esters (lactones) is 2. The molecule has 4 aliphatic carbocycles. The Kier molecular flexibility index (Phi) is 11.2. The van der Waals surface area contributed by atoms with Crippen molar-refractivity contribution in [2.75, 3.05) is 10.6 Å². The zero-order valence-corrected chi connectivity index (χ0v) is 40.9. The van der Waals surface area contributed by atoms with Gasteiger partial charge in [-0.15, -0.1) is 0 Å². The number of hydrogen-bond donors (Lipinski definition) is 4. The molecule has 0 bridgehead atoms. The first-order valence-corrected chi connectivity index (χ1v) is 24.9. The normalized spacial score (nSPS) is 21.0. The van der Waals surface area contributed by atoms with Crippen LogP contribution in [0.1, 0.15) is 149 Å². The van der Waals surface area contributed by atoms with E-state index in [-0.39, 0.29) is 24.1 Å². The van der Waals surface area contributed by atoms with Gasteiger partial charge in [0.25, 0.3) is 0 Å². The van der Waals surface area contributed by atoms with Crippen molar-refractivity contribution in [3.05, 3.63) is 94.8 Å². The molecule has 0 unspecified atom stereocenters. The molecule has 16 nitrogen and oxygen atoms in total. The Morgan fingerprint density at radius 3 is 1.31 bits per heavy atom. The first-order chi connectivity index (χ1) is 33.4. The van der Waals surface area contributed by atoms with Crippen LogP contribution in [-0.2, 0) is 33.4 Å². The molecule has 70 heavy (non-hydrogen) atoms. The Labute approximate surface area is 407 Å². The van der Waals surface area contributed by atoms with Crippen LogP contribution < -0.4 is 31.6 Å². The minimum absolute atomic E-state index is 0.237. The van der Waals surface area contributed by atoms with E-state index in [2.05, 4.69) is 44.4 Å². The molecule has 0 saturated heterocycles. The van der Waals surface area contributed by atoms with Gasteiger partial charge in [-0.25, -0.2) is 39.5 Å². The number of pyridine rings is 6. The average molecular weight is 947 g/mol. The van der Waals surface area contributed by atoms with Crippen LogP contribution in [0, 0.1) is 11.8 Å². The lowest BCUT2D eigenvalue weighted by molar-refractivity contribution is -0.00835. The van der Waals surface area contributed by atoms with E-state index in [1.165, 1.54) is 12.8 Å². The molecule has 6 N–H and O–H groups in total. The maximum Gasteiger partial charge on any atom is 0.340 e. The van der Waals surface area contributed by atoms with Crippen LogP contribution in [0.25, 0.3) is 21.5 Å². The first-order valence-electron chi connectivity index (χ1n) is 24.9. The topological polar surface area (TPSA) is 225 Å². The molecule has 0 spiro atoms. The fourth-order valence-corrected chi connectivity index (χ4v) is 10.1. The third-order valence-electron chi connectivity index (χ3n) is 15.0. The number of ether oxygens (including phenoxy) is 4. The van der Waals surface area contributed by atoms with E-state index in [1.54, 1.807) is 24.3 Å². The summed E-state index contributed by atoms with van der Waals surface area (Å²) in [6.07, 6.45) is 20.1. The summed E-state index contributed by atoms with van der Waals surface area (Å²) < 4.78 is 23.1. The number of rotatable bonds is 12. The third kappa shape index (κ3) is 9.07. The van der Waals surface area contributed by atoms with Crippen molar-refractivity contribution in [3.8, 4) is 11.8 Å². The van der Waals surface area contributed by atoms with E-state index in [9.17, 15) is 9.59 Å². The zero-order chi connectivity index (χ0) is 48.7. The summed E-state index contributed by atoms with van der Waals surface area (Å²) in [4.78, 5) is 52.7. The van der Waals surface area contributed by atoms with Crippen LogP contribution in [0.4, 0.5) is 23.3 Å². The first kappa shape index (κ1) is 45.9. The van der Waals surface area contributed by atoms with E-state index in [0.29, 0.717) is 70.8 Å². The minimum atomic E-state index is -0.579. The monoisotopic (exact) mass is 946 g/mol. The van der Waals surface area contributed by atoms with Crippen molar-refractivity contribution in [1.82, 2.24) is 29.9 Å². The van der Waals surface area contributed by atoms with E-state index < -0.39 is 22.3 Å². The summed E-state index contributed by atoms with van der Waals surface area (Å²) in [5, 5.41) is 10.4. The Morgan fingerprint density at radius 2 is 0.957 bits per heavy atom. The lowest BCUT2D eigenvalue weighted by atomic mass is 9.68. The van der Waals surface area contributed by atoms with Crippen LogP contribution in [0.3, 0.4) is 0 Å². The minimum Gasteiger partial charge on any atom is -0.474 e. The lowest BCUT2D eigenvalue weighted by Gasteiger charge is -2.41. The van der Waals surface area contributed by atoms with Gasteiger partial charge in [-0.2, -0.15) is 0 Å². The smallest absolute Gasteiger partial charge is 0.340 e. The fraction of sp³-hybridized carbons (Fsp3) is 0.481. The molecule has 6 aromatic rings. The Morgan fingerprint density at radius 1 is 0.557 bits per heavy atom. The van der Waals surface area contributed by atoms with Crippen LogP contribution in [0.2, 0.25) is 0 Å². The highest BCUT2D eigenvalue weighted by molar-refractivity contribution is 5.95. The molecule has 0 aromatic carbocycles. The van der Waals surface area contributed by atoms with Crippen molar-refractivity contribution < 1.29 is 28.5 Å². The van der Waals surface area contributed by atoms with E-state index in [0.717, 1.165) is 95.4 Å². The largest absolute Gasteiger partial charge is 0.474 e. The molecule has 0 amide bonds. The molecule has 8 heterocycles.